The van der Waals surface area contributed by atoms with Crippen molar-refractivity contribution in [2.24, 2.45) is 0 Å². The average Bonchev–Trinajstić information content (AvgIpc) is 2.42. The number of nitrogens with one attached hydrogen (secondary N) is 2. The van der Waals surface area contributed by atoms with E-state index in [1.165, 1.54) is 7.11 Å². The highest BCUT2D eigenvalue weighted by molar-refractivity contribution is 9.10. The van der Waals surface area contributed by atoms with Crippen molar-refractivity contribution < 1.29 is 19.4 Å². The zero-order chi connectivity index (χ0) is 15.0. The summed E-state index contributed by atoms with van der Waals surface area (Å²) in [5.74, 6) is -0.965. The highest BCUT2D eigenvalue weighted by Crippen LogP contribution is 2.15. The van der Waals surface area contributed by atoms with E-state index < -0.39 is 12.1 Å². The highest BCUT2D eigenvalue weighted by atomic mass is 79.9. The highest BCUT2D eigenvalue weighted by Gasteiger charge is 2.13. The number of benzene rings is 1. The first-order valence-electron chi connectivity index (χ1n) is 6.02. The van der Waals surface area contributed by atoms with Gasteiger partial charge in [0.2, 0.25) is 0 Å². The third-order valence-corrected chi connectivity index (χ3v) is 3.40. The van der Waals surface area contributed by atoms with Crippen LogP contribution in [0.3, 0.4) is 0 Å². The minimum absolute atomic E-state index is 0.143. The van der Waals surface area contributed by atoms with E-state index in [4.69, 9.17) is 9.84 Å². The Balaban J connectivity index is 2.33. The van der Waals surface area contributed by atoms with Crippen LogP contribution in [0.15, 0.2) is 28.7 Å². The molecule has 1 unspecified atom stereocenters. The Morgan fingerprint density at radius 2 is 2.05 bits per heavy atom. The molecule has 0 heterocycles. The van der Waals surface area contributed by atoms with Crippen molar-refractivity contribution in [2.45, 2.75) is 19.1 Å². The van der Waals surface area contributed by atoms with Gasteiger partial charge in [0.05, 0.1) is 12.5 Å². The number of aliphatic carboxylic acids is 1. The van der Waals surface area contributed by atoms with Crippen LogP contribution in [0.25, 0.3) is 0 Å². The predicted octanol–water partition coefficient (Wildman–Crippen LogP) is 1.74. The molecule has 3 N–H and O–H groups in total. The Hall–Kier alpha value is -1.60. The molecule has 1 rings (SSSR count). The molecule has 2 amide bonds. The Morgan fingerprint density at radius 3 is 2.65 bits per heavy atom. The summed E-state index contributed by atoms with van der Waals surface area (Å²) in [5.41, 5.74) is 0.955. The molecule has 110 valence electrons. The lowest BCUT2D eigenvalue weighted by molar-refractivity contribution is -0.139. The van der Waals surface area contributed by atoms with Crippen LogP contribution in [0.5, 0.6) is 0 Å². The van der Waals surface area contributed by atoms with Crippen LogP contribution in [0.2, 0.25) is 0 Å². The van der Waals surface area contributed by atoms with E-state index in [0.717, 1.165) is 10.0 Å². The van der Waals surface area contributed by atoms with Gasteiger partial charge in [0.1, 0.15) is 0 Å². The molecular weight excluding hydrogens is 328 g/mol. The van der Waals surface area contributed by atoms with Crippen molar-refractivity contribution in [3.05, 3.63) is 34.3 Å². The first-order chi connectivity index (χ1) is 9.52. The van der Waals surface area contributed by atoms with E-state index >= 15 is 0 Å². The van der Waals surface area contributed by atoms with Gasteiger partial charge in [-0.05, 0) is 11.6 Å². The van der Waals surface area contributed by atoms with Crippen LogP contribution in [0.1, 0.15) is 12.0 Å². The van der Waals surface area contributed by atoms with Crippen LogP contribution in [0, 0.1) is 0 Å². The van der Waals surface area contributed by atoms with Gasteiger partial charge in [0.25, 0.3) is 0 Å². The number of hydrogen-bond acceptors (Lipinski definition) is 3. The zero-order valence-corrected chi connectivity index (χ0v) is 12.6. The summed E-state index contributed by atoms with van der Waals surface area (Å²) >= 11 is 3.39. The molecule has 7 heteroatoms. The van der Waals surface area contributed by atoms with Gasteiger partial charge >= 0.3 is 12.0 Å². The van der Waals surface area contributed by atoms with Gasteiger partial charge < -0.3 is 20.5 Å². The second-order valence-corrected chi connectivity index (χ2v) is 4.96. The molecule has 0 radical (unpaired) electrons. The number of hydrogen-bond donors (Lipinski definition) is 3. The number of carboxylic acids is 1. The monoisotopic (exact) mass is 344 g/mol. The molecule has 0 saturated heterocycles. The summed E-state index contributed by atoms with van der Waals surface area (Å²) in [4.78, 5) is 22.1. The number of urea groups is 1. The maximum Gasteiger partial charge on any atom is 0.315 e. The zero-order valence-electron chi connectivity index (χ0n) is 11.1. The van der Waals surface area contributed by atoms with Crippen molar-refractivity contribution in [3.63, 3.8) is 0 Å². The number of methoxy groups -OCH3 is 1. The van der Waals surface area contributed by atoms with E-state index in [-0.39, 0.29) is 19.0 Å². The van der Waals surface area contributed by atoms with Gasteiger partial charge in [-0.25, -0.2) is 4.79 Å². The topological polar surface area (TPSA) is 87.7 Å². The first kappa shape index (κ1) is 16.5. The standard InChI is InChI=1S/C13H17BrN2O4/c1-20-10(6-12(17)18)8-16-13(19)15-7-9-4-2-3-5-11(9)14/h2-5,10H,6-8H2,1H3,(H,17,18)(H2,15,16,19). The Labute approximate surface area is 125 Å². The summed E-state index contributed by atoms with van der Waals surface area (Å²) in [7, 11) is 1.41. The fraction of sp³-hybridized carbons (Fsp3) is 0.385. The molecule has 0 bridgehead atoms. The lowest BCUT2D eigenvalue weighted by Crippen LogP contribution is -2.40. The van der Waals surface area contributed by atoms with Gasteiger partial charge in [0.15, 0.2) is 0 Å². The van der Waals surface area contributed by atoms with Crippen LogP contribution in [0.4, 0.5) is 4.79 Å². The molecule has 1 atom stereocenters. The van der Waals surface area contributed by atoms with E-state index in [0.29, 0.717) is 6.54 Å². The molecule has 1 aromatic carbocycles. The summed E-state index contributed by atoms with van der Waals surface area (Å²) in [5, 5.41) is 13.9. The smallest absolute Gasteiger partial charge is 0.315 e. The molecule has 0 aromatic heterocycles. The normalized spacial score (nSPS) is 11.7. The molecule has 0 aliphatic heterocycles. The number of ether oxygens (including phenoxy) is 1. The van der Waals surface area contributed by atoms with Crippen molar-refractivity contribution >= 4 is 27.9 Å². The fourth-order valence-electron chi connectivity index (χ4n) is 1.52. The van der Waals surface area contributed by atoms with Crippen molar-refractivity contribution in [1.29, 1.82) is 0 Å². The van der Waals surface area contributed by atoms with Crippen molar-refractivity contribution in [2.75, 3.05) is 13.7 Å². The van der Waals surface area contributed by atoms with Gasteiger partial charge in [-0.2, -0.15) is 0 Å². The van der Waals surface area contributed by atoms with E-state index in [1.54, 1.807) is 0 Å². The van der Waals surface area contributed by atoms with E-state index in [1.807, 2.05) is 24.3 Å². The quantitative estimate of drug-likeness (QED) is 0.702. The van der Waals surface area contributed by atoms with Crippen LogP contribution in [-0.4, -0.2) is 36.9 Å². The van der Waals surface area contributed by atoms with E-state index in [9.17, 15) is 9.59 Å². The molecule has 0 aliphatic rings. The van der Waals surface area contributed by atoms with Crippen LogP contribution in [-0.2, 0) is 16.1 Å². The molecule has 1 aromatic rings. The Morgan fingerprint density at radius 1 is 1.35 bits per heavy atom. The molecule has 0 fully saturated rings. The second-order valence-electron chi connectivity index (χ2n) is 4.11. The fourth-order valence-corrected chi connectivity index (χ4v) is 1.94. The number of rotatable bonds is 7. The minimum atomic E-state index is -0.965. The van der Waals surface area contributed by atoms with Crippen LogP contribution < -0.4 is 10.6 Å². The minimum Gasteiger partial charge on any atom is -0.481 e. The van der Waals surface area contributed by atoms with Crippen molar-refractivity contribution in [3.8, 4) is 0 Å². The molecule has 20 heavy (non-hydrogen) atoms. The summed E-state index contributed by atoms with van der Waals surface area (Å²) in [6, 6.07) is 7.19. The Kier molecular flexibility index (Phi) is 7.03. The van der Waals surface area contributed by atoms with Crippen LogP contribution >= 0.6 is 15.9 Å². The SMILES string of the molecule is COC(CNC(=O)NCc1ccccc1Br)CC(=O)O. The number of amides is 2. The number of carboxylic acid groups (broad SMARTS) is 1. The van der Waals surface area contributed by atoms with Gasteiger partial charge in [-0.15, -0.1) is 0 Å². The molecule has 0 spiro atoms. The lowest BCUT2D eigenvalue weighted by atomic mass is 10.2. The van der Waals surface area contributed by atoms with Gasteiger partial charge in [-0.1, -0.05) is 34.1 Å². The average molecular weight is 345 g/mol. The van der Waals surface area contributed by atoms with E-state index in [2.05, 4.69) is 26.6 Å². The first-order valence-corrected chi connectivity index (χ1v) is 6.82. The third kappa shape index (κ3) is 6.03. The lowest BCUT2D eigenvalue weighted by Gasteiger charge is -2.14. The summed E-state index contributed by atoms with van der Waals surface area (Å²) in [6.07, 6.45) is -0.692. The summed E-state index contributed by atoms with van der Waals surface area (Å²) in [6.45, 7) is 0.522. The van der Waals surface area contributed by atoms with Crippen molar-refractivity contribution in [1.82, 2.24) is 10.6 Å². The second kappa shape index (κ2) is 8.55. The number of carbonyl (C=O) groups is 2. The largest absolute Gasteiger partial charge is 0.481 e. The molecule has 0 saturated carbocycles. The molecular formula is C13H17BrN2O4. The number of halogens is 1. The molecule has 0 aliphatic carbocycles. The maximum atomic E-state index is 11.6. The Bertz CT molecular complexity index is 467. The predicted molar refractivity (Wildman–Crippen MR) is 77.4 cm³/mol. The number of carbonyl (C=O) groups excluding carboxylic acids is 1. The third-order valence-electron chi connectivity index (χ3n) is 2.62. The summed E-state index contributed by atoms with van der Waals surface area (Å²) < 4.78 is 5.88. The maximum absolute atomic E-state index is 11.6. The van der Waals surface area contributed by atoms with Gasteiger partial charge in [0, 0.05) is 24.7 Å². The molecule has 6 nitrogen and oxygen atoms in total. The van der Waals surface area contributed by atoms with Gasteiger partial charge in [-0.3, -0.25) is 4.79 Å².